The molecule has 1 amide bonds. The first-order valence-electron chi connectivity index (χ1n) is 8.20. The predicted molar refractivity (Wildman–Crippen MR) is 106 cm³/mol. The van der Waals surface area contributed by atoms with Gasteiger partial charge in [0.2, 0.25) is 0 Å². The van der Waals surface area contributed by atoms with Gasteiger partial charge in [-0.1, -0.05) is 24.3 Å². The molecule has 1 aliphatic heterocycles. The highest BCUT2D eigenvalue weighted by Crippen LogP contribution is 2.24. The number of halogens is 2. The van der Waals surface area contributed by atoms with E-state index in [2.05, 4.69) is 26.6 Å². The third kappa shape index (κ3) is 5.73. The normalized spacial score (nSPS) is 16.6. The molecule has 2 N–H and O–H groups in total. The van der Waals surface area contributed by atoms with E-state index in [1.165, 1.54) is 0 Å². The summed E-state index contributed by atoms with van der Waals surface area (Å²) in [5.41, 5.74) is 1.71. The van der Waals surface area contributed by atoms with E-state index in [0.29, 0.717) is 12.2 Å². The Bertz CT molecular complexity index is 688. The zero-order valence-corrected chi connectivity index (χ0v) is 16.2. The average molecular weight is 426 g/mol. The Morgan fingerprint density at radius 1 is 1.20 bits per heavy atom. The summed E-state index contributed by atoms with van der Waals surface area (Å²) in [6.45, 7) is 2.36. The van der Waals surface area contributed by atoms with Gasteiger partial charge in [0.1, 0.15) is 12.4 Å². The molecule has 0 radical (unpaired) electrons. The summed E-state index contributed by atoms with van der Waals surface area (Å²) in [5, 5.41) is 6.38. The summed E-state index contributed by atoms with van der Waals surface area (Å²) in [6.07, 6.45) is 2.15. The summed E-state index contributed by atoms with van der Waals surface area (Å²) >= 11 is 3.46. The molecule has 25 heavy (non-hydrogen) atoms. The number of nitrogens with one attached hydrogen (secondary N) is 2. The van der Waals surface area contributed by atoms with Gasteiger partial charge in [0.25, 0.3) is 5.91 Å². The van der Waals surface area contributed by atoms with Gasteiger partial charge in [0, 0.05) is 18.2 Å². The molecule has 2 aromatic rings. The van der Waals surface area contributed by atoms with Crippen molar-refractivity contribution in [3.63, 3.8) is 0 Å². The molecule has 6 heteroatoms. The van der Waals surface area contributed by atoms with Gasteiger partial charge in [0.05, 0.1) is 4.47 Å². The fourth-order valence-corrected chi connectivity index (χ4v) is 3.12. The Morgan fingerprint density at radius 2 is 1.96 bits per heavy atom. The lowest BCUT2D eigenvalue weighted by molar-refractivity contribution is 0.0930. The van der Waals surface area contributed by atoms with Crippen LogP contribution in [0.2, 0.25) is 0 Å². The van der Waals surface area contributed by atoms with Crippen molar-refractivity contribution >= 4 is 34.2 Å². The lowest BCUT2D eigenvalue weighted by atomic mass is 10.1. The zero-order valence-electron chi connectivity index (χ0n) is 13.8. The number of benzene rings is 2. The topological polar surface area (TPSA) is 50.4 Å². The van der Waals surface area contributed by atoms with Crippen molar-refractivity contribution in [3.8, 4) is 5.75 Å². The summed E-state index contributed by atoms with van der Waals surface area (Å²) < 4.78 is 6.72. The van der Waals surface area contributed by atoms with E-state index in [4.69, 9.17) is 4.74 Å². The van der Waals surface area contributed by atoms with Crippen LogP contribution in [0.25, 0.3) is 0 Å². The van der Waals surface area contributed by atoms with E-state index >= 15 is 0 Å². The molecule has 4 nitrogen and oxygen atoms in total. The molecule has 2 aromatic carbocycles. The first-order valence-corrected chi connectivity index (χ1v) is 8.99. The van der Waals surface area contributed by atoms with Crippen molar-refractivity contribution in [2.24, 2.45) is 0 Å². The molecule has 0 bridgehead atoms. The van der Waals surface area contributed by atoms with Crippen molar-refractivity contribution in [1.29, 1.82) is 0 Å². The summed E-state index contributed by atoms with van der Waals surface area (Å²) in [7, 11) is 0. The average Bonchev–Trinajstić information content (AvgIpc) is 2.62. The fraction of sp³-hybridized carbons (Fsp3) is 0.316. The van der Waals surface area contributed by atoms with Crippen LogP contribution >= 0.6 is 28.3 Å². The van der Waals surface area contributed by atoms with E-state index in [1.54, 1.807) is 0 Å². The Morgan fingerprint density at radius 3 is 2.64 bits per heavy atom. The monoisotopic (exact) mass is 424 g/mol. The highest BCUT2D eigenvalue weighted by molar-refractivity contribution is 9.10. The van der Waals surface area contributed by atoms with Crippen LogP contribution in [0.15, 0.2) is 53.0 Å². The summed E-state index contributed by atoms with van der Waals surface area (Å²) in [5.74, 6) is 0.797. The second kappa shape index (κ2) is 9.80. The molecule has 1 fully saturated rings. The van der Waals surface area contributed by atoms with Gasteiger partial charge in [0.15, 0.2) is 0 Å². The molecule has 0 saturated carbocycles. The molecule has 1 saturated heterocycles. The Hall–Kier alpha value is -1.56. The number of ether oxygens (including phenoxy) is 1. The standard InChI is InChI=1S/C19H21BrN2O2.ClH/c20-17-5-1-2-6-18(17)24-13-14-7-9-15(10-8-14)19(23)22-16-4-3-11-21-12-16;/h1-2,5-10,16,21H,3-4,11-13H2,(H,22,23);1H. The highest BCUT2D eigenvalue weighted by atomic mass is 79.9. The van der Waals surface area contributed by atoms with E-state index < -0.39 is 0 Å². The van der Waals surface area contributed by atoms with E-state index in [0.717, 1.165) is 41.7 Å². The quantitative estimate of drug-likeness (QED) is 0.763. The minimum atomic E-state index is -0.0121. The van der Waals surface area contributed by atoms with Crippen LogP contribution in [0.1, 0.15) is 28.8 Å². The lowest BCUT2D eigenvalue weighted by Crippen LogP contribution is -2.45. The highest BCUT2D eigenvalue weighted by Gasteiger charge is 2.16. The van der Waals surface area contributed by atoms with Gasteiger partial charge in [-0.2, -0.15) is 0 Å². The predicted octanol–water partition coefficient (Wildman–Crippen LogP) is 3.93. The number of hydrogen-bond donors (Lipinski definition) is 2. The van der Waals surface area contributed by atoms with Gasteiger partial charge in [-0.3, -0.25) is 4.79 Å². The molecular formula is C19H22BrClN2O2. The zero-order chi connectivity index (χ0) is 16.8. The van der Waals surface area contributed by atoms with Gasteiger partial charge >= 0.3 is 0 Å². The molecule has 0 aromatic heterocycles. The van der Waals surface area contributed by atoms with Crippen LogP contribution in [-0.4, -0.2) is 25.0 Å². The number of carbonyl (C=O) groups excluding carboxylic acids is 1. The maximum atomic E-state index is 12.3. The van der Waals surface area contributed by atoms with Crippen molar-refractivity contribution in [3.05, 3.63) is 64.1 Å². The van der Waals surface area contributed by atoms with Crippen LogP contribution < -0.4 is 15.4 Å². The van der Waals surface area contributed by atoms with Gasteiger partial charge in [-0.05, 0) is 65.1 Å². The van der Waals surface area contributed by atoms with Gasteiger partial charge in [-0.15, -0.1) is 12.4 Å². The Balaban J connectivity index is 0.00000225. The molecule has 0 spiro atoms. The molecule has 0 aliphatic carbocycles. The van der Waals surface area contributed by atoms with E-state index in [9.17, 15) is 4.79 Å². The minimum Gasteiger partial charge on any atom is -0.488 e. The van der Waals surface area contributed by atoms with Gasteiger partial charge < -0.3 is 15.4 Å². The van der Waals surface area contributed by atoms with Crippen LogP contribution in [0.5, 0.6) is 5.75 Å². The van der Waals surface area contributed by atoms with Crippen molar-refractivity contribution in [2.75, 3.05) is 13.1 Å². The van der Waals surface area contributed by atoms with Crippen LogP contribution in [0.4, 0.5) is 0 Å². The molecule has 3 rings (SSSR count). The van der Waals surface area contributed by atoms with Crippen molar-refractivity contribution in [2.45, 2.75) is 25.5 Å². The molecule has 1 unspecified atom stereocenters. The number of hydrogen-bond acceptors (Lipinski definition) is 3. The maximum Gasteiger partial charge on any atom is 0.251 e. The number of para-hydroxylation sites is 1. The lowest BCUT2D eigenvalue weighted by Gasteiger charge is -2.23. The second-order valence-electron chi connectivity index (χ2n) is 5.93. The smallest absolute Gasteiger partial charge is 0.251 e. The molecule has 1 aliphatic rings. The second-order valence-corrected chi connectivity index (χ2v) is 6.79. The SMILES string of the molecule is Cl.O=C(NC1CCCNC1)c1ccc(COc2ccccc2Br)cc1. The fourth-order valence-electron chi connectivity index (χ4n) is 2.72. The van der Waals surface area contributed by atoms with Crippen molar-refractivity contribution < 1.29 is 9.53 Å². The van der Waals surface area contributed by atoms with Gasteiger partial charge in [-0.25, -0.2) is 0 Å². The number of rotatable bonds is 5. The Kier molecular flexibility index (Phi) is 7.75. The van der Waals surface area contributed by atoms with Crippen molar-refractivity contribution in [1.82, 2.24) is 10.6 Å². The van der Waals surface area contributed by atoms with Crippen LogP contribution in [0.3, 0.4) is 0 Å². The number of piperidine rings is 1. The number of carbonyl (C=O) groups is 1. The molecule has 134 valence electrons. The van der Waals surface area contributed by atoms with Crippen LogP contribution in [-0.2, 0) is 6.61 Å². The van der Waals surface area contributed by atoms with E-state index in [-0.39, 0.29) is 24.4 Å². The first-order chi connectivity index (χ1) is 11.7. The molecular weight excluding hydrogens is 404 g/mol. The third-order valence-corrected chi connectivity index (χ3v) is 4.73. The third-order valence-electron chi connectivity index (χ3n) is 4.08. The largest absolute Gasteiger partial charge is 0.488 e. The molecule has 1 atom stereocenters. The van der Waals surface area contributed by atoms with E-state index in [1.807, 2.05) is 48.5 Å². The molecule has 1 heterocycles. The number of amides is 1. The summed E-state index contributed by atoms with van der Waals surface area (Å²) in [6, 6.07) is 15.6. The van der Waals surface area contributed by atoms with Crippen LogP contribution in [0, 0.1) is 0 Å². The first kappa shape index (κ1) is 19.8. The maximum absolute atomic E-state index is 12.3. The summed E-state index contributed by atoms with van der Waals surface area (Å²) in [4.78, 5) is 12.3. The minimum absolute atomic E-state index is 0. The Labute approximate surface area is 162 Å².